The molecular formula is C15H26O2. The summed E-state index contributed by atoms with van der Waals surface area (Å²) in [7, 11) is 0. The maximum absolute atomic E-state index is 5.40. The largest absolute Gasteiger partial charge is 0.491 e. The first-order chi connectivity index (χ1) is 8.18. The predicted molar refractivity (Wildman–Crippen MR) is 73.5 cm³/mol. The van der Waals surface area contributed by atoms with Gasteiger partial charge >= 0.3 is 0 Å². The number of epoxide rings is 1. The van der Waals surface area contributed by atoms with E-state index < -0.39 is 0 Å². The van der Waals surface area contributed by atoms with E-state index in [2.05, 4.69) is 20.8 Å². The van der Waals surface area contributed by atoms with Crippen molar-refractivity contribution in [1.82, 2.24) is 0 Å². The Morgan fingerprint density at radius 3 is 2.06 bits per heavy atom. The van der Waals surface area contributed by atoms with E-state index in [1.54, 1.807) is 0 Å². The summed E-state index contributed by atoms with van der Waals surface area (Å²) >= 11 is 0. The maximum atomic E-state index is 5.40. The standard InChI is InChI=1S/C9H10O2.C4H10.C2H6/c1-2-4-8(5-3-1)10-6-9-7-11-9;1-4(2)3;1-2/h1-5,9H,6-7H2;4H,1-3H3;1-2H3. The van der Waals surface area contributed by atoms with Gasteiger partial charge in [0.15, 0.2) is 0 Å². The van der Waals surface area contributed by atoms with Crippen molar-refractivity contribution in [1.29, 1.82) is 0 Å². The van der Waals surface area contributed by atoms with Crippen LogP contribution in [0.3, 0.4) is 0 Å². The monoisotopic (exact) mass is 238 g/mol. The molecule has 2 nitrogen and oxygen atoms in total. The molecule has 2 rings (SSSR count). The van der Waals surface area contributed by atoms with Crippen molar-refractivity contribution < 1.29 is 9.47 Å². The van der Waals surface area contributed by atoms with Crippen molar-refractivity contribution >= 4 is 0 Å². The molecule has 1 saturated heterocycles. The van der Waals surface area contributed by atoms with Gasteiger partial charge in [-0.05, 0) is 18.1 Å². The second-order valence-electron chi connectivity index (χ2n) is 4.31. The molecule has 1 fully saturated rings. The normalized spacial score (nSPS) is 16.2. The van der Waals surface area contributed by atoms with E-state index in [0.29, 0.717) is 12.7 Å². The highest BCUT2D eigenvalue weighted by Gasteiger charge is 2.22. The first kappa shape index (κ1) is 16.0. The summed E-state index contributed by atoms with van der Waals surface area (Å²) in [5.74, 6) is 1.75. The third-order valence-corrected chi connectivity index (χ3v) is 1.58. The molecule has 0 radical (unpaired) electrons. The number of benzene rings is 1. The Kier molecular flexibility index (Phi) is 9.55. The van der Waals surface area contributed by atoms with Gasteiger partial charge in [0.1, 0.15) is 18.5 Å². The SMILES string of the molecule is CC.CC(C)C.c1ccc(OCC2CO2)cc1. The predicted octanol–water partition coefficient (Wildman–Crippen LogP) is 4.15. The fourth-order valence-corrected chi connectivity index (χ4v) is 0.870. The second-order valence-corrected chi connectivity index (χ2v) is 4.31. The van der Waals surface area contributed by atoms with Gasteiger partial charge in [0, 0.05) is 0 Å². The fraction of sp³-hybridized carbons (Fsp3) is 0.600. The van der Waals surface area contributed by atoms with Gasteiger partial charge in [0.25, 0.3) is 0 Å². The quantitative estimate of drug-likeness (QED) is 0.738. The molecule has 0 bridgehead atoms. The zero-order valence-corrected chi connectivity index (χ0v) is 11.8. The topological polar surface area (TPSA) is 21.8 Å². The Labute approximate surface area is 106 Å². The molecule has 2 heteroatoms. The van der Waals surface area contributed by atoms with Gasteiger partial charge in [0.05, 0.1) is 6.61 Å². The Bertz CT molecular complexity index is 250. The van der Waals surface area contributed by atoms with E-state index >= 15 is 0 Å². The summed E-state index contributed by atoms with van der Waals surface area (Å²) in [5.41, 5.74) is 0. The van der Waals surface area contributed by atoms with E-state index in [1.807, 2.05) is 44.2 Å². The highest BCUT2D eigenvalue weighted by molar-refractivity contribution is 5.20. The summed E-state index contributed by atoms with van der Waals surface area (Å²) in [6.07, 6.45) is 0.343. The fourth-order valence-electron chi connectivity index (χ4n) is 0.870. The molecule has 0 aromatic heterocycles. The van der Waals surface area contributed by atoms with Crippen LogP contribution in [0, 0.1) is 5.92 Å². The molecule has 1 aliphatic rings. The molecule has 0 saturated carbocycles. The first-order valence-electron chi connectivity index (χ1n) is 6.48. The van der Waals surface area contributed by atoms with Crippen LogP contribution in [0.1, 0.15) is 34.6 Å². The van der Waals surface area contributed by atoms with Crippen LogP contribution in [-0.2, 0) is 4.74 Å². The highest BCUT2D eigenvalue weighted by atomic mass is 16.6. The smallest absolute Gasteiger partial charge is 0.119 e. The van der Waals surface area contributed by atoms with E-state index in [1.165, 1.54) is 0 Å². The summed E-state index contributed by atoms with van der Waals surface area (Å²) < 4.78 is 10.4. The zero-order valence-electron chi connectivity index (χ0n) is 11.8. The minimum atomic E-state index is 0.343. The van der Waals surface area contributed by atoms with Crippen LogP contribution in [0.15, 0.2) is 30.3 Å². The maximum Gasteiger partial charge on any atom is 0.119 e. The van der Waals surface area contributed by atoms with Crippen LogP contribution >= 0.6 is 0 Å². The highest BCUT2D eigenvalue weighted by Crippen LogP contribution is 2.13. The van der Waals surface area contributed by atoms with Crippen molar-refractivity contribution in [3.05, 3.63) is 30.3 Å². The molecule has 1 aliphatic heterocycles. The molecule has 0 spiro atoms. The van der Waals surface area contributed by atoms with Crippen molar-refractivity contribution in [3.8, 4) is 5.75 Å². The lowest BCUT2D eigenvalue weighted by Gasteiger charge is -2.01. The first-order valence-corrected chi connectivity index (χ1v) is 6.48. The summed E-state index contributed by atoms with van der Waals surface area (Å²) in [5, 5.41) is 0. The zero-order chi connectivity index (χ0) is 13.1. The van der Waals surface area contributed by atoms with Crippen LogP contribution in [0.5, 0.6) is 5.75 Å². The van der Waals surface area contributed by atoms with Crippen molar-refractivity contribution in [2.45, 2.75) is 40.7 Å². The molecule has 0 amide bonds. The molecular weight excluding hydrogens is 212 g/mol. The Morgan fingerprint density at radius 2 is 1.65 bits per heavy atom. The van der Waals surface area contributed by atoms with Gasteiger partial charge in [-0.3, -0.25) is 0 Å². The third-order valence-electron chi connectivity index (χ3n) is 1.58. The number of para-hydroxylation sites is 1. The summed E-state index contributed by atoms with van der Waals surface area (Å²) in [6, 6.07) is 9.79. The lowest BCUT2D eigenvalue weighted by Crippen LogP contribution is -2.03. The van der Waals surface area contributed by atoms with Gasteiger partial charge in [-0.25, -0.2) is 0 Å². The number of hydrogen-bond donors (Lipinski definition) is 0. The van der Waals surface area contributed by atoms with E-state index in [4.69, 9.17) is 9.47 Å². The van der Waals surface area contributed by atoms with Crippen molar-refractivity contribution in [3.63, 3.8) is 0 Å². The van der Waals surface area contributed by atoms with Crippen LogP contribution in [0.25, 0.3) is 0 Å². The molecule has 98 valence electrons. The molecule has 0 N–H and O–H groups in total. The number of ether oxygens (including phenoxy) is 2. The number of rotatable bonds is 3. The van der Waals surface area contributed by atoms with Gasteiger partial charge in [-0.2, -0.15) is 0 Å². The number of hydrogen-bond acceptors (Lipinski definition) is 2. The molecule has 17 heavy (non-hydrogen) atoms. The lowest BCUT2D eigenvalue weighted by atomic mass is 10.3. The van der Waals surface area contributed by atoms with Gasteiger partial charge < -0.3 is 9.47 Å². The molecule has 0 aliphatic carbocycles. The molecule has 1 heterocycles. The van der Waals surface area contributed by atoms with E-state index in [9.17, 15) is 0 Å². The molecule has 1 aromatic carbocycles. The van der Waals surface area contributed by atoms with Crippen LogP contribution in [0.4, 0.5) is 0 Å². The summed E-state index contributed by atoms with van der Waals surface area (Å²) in [4.78, 5) is 0. The average molecular weight is 238 g/mol. The van der Waals surface area contributed by atoms with Gasteiger partial charge in [-0.15, -0.1) is 0 Å². The third kappa shape index (κ3) is 11.2. The van der Waals surface area contributed by atoms with Crippen molar-refractivity contribution in [2.24, 2.45) is 5.92 Å². The van der Waals surface area contributed by atoms with E-state index in [-0.39, 0.29) is 0 Å². The molecule has 1 aromatic rings. The minimum Gasteiger partial charge on any atom is -0.491 e. The Morgan fingerprint density at radius 1 is 1.18 bits per heavy atom. The average Bonchev–Trinajstić information content (AvgIpc) is 3.14. The van der Waals surface area contributed by atoms with Crippen LogP contribution in [0.2, 0.25) is 0 Å². The van der Waals surface area contributed by atoms with Crippen LogP contribution in [-0.4, -0.2) is 19.3 Å². The lowest BCUT2D eigenvalue weighted by molar-refractivity contribution is 0.263. The molecule has 1 unspecified atom stereocenters. The van der Waals surface area contributed by atoms with E-state index in [0.717, 1.165) is 18.3 Å². The second kappa shape index (κ2) is 10.2. The van der Waals surface area contributed by atoms with Gasteiger partial charge in [0.2, 0.25) is 0 Å². The summed E-state index contributed by atoms with van der Waals surface area (Å²) in [6.45, 7) is 12.0. The minimum absolute atomic E-state index is 0.343. The Balaban J connectivity index is 0.000000368. The molecule has 1 atom stereocenters. The Hall–Kier alpha value is -1.02. The van der Waals surface area contributed by atoms with Crippen LogP contribution < -0.4 is 4.74 Å². The van der Waals surface area contributed by atoms with Crippen molar-refractivity contribution in [2.75, 3.05) is 13.2 Å². The van der Waals surface area contributed by atoms with Gasteiger partial charge in [-0.1, -0.05) is 52.8 Å².